The van der Waals surface area contributed by atoms with E-state index in [0.717, 1.165) is 17.7 Å². The lowest BCUT2D eigenvalue weighted by Gasteiger charge is -2.41. The predicted octanol–water partition coefficient (Wildman–Crippen LogP) is 0.868. The number of aromatic amines is 1. The van der Waals surface area contributed by atoms with Crippen LogP contribution in [0.4, 0.5) is 0 Å². The monoisotopic (exact) mass is 332 g/mol. The van der Waals surface area contributed by atoms with Crippen molar-refractivity contribution in [1.29, 1.82) is 0 Å². The fraction of sp³-hybridized carbons (Fsp3) is 0.400. The van der Waals surface area contributed by atoms with E-state index in [1.54, 1.807) is 22.4 Å². The fourth-order valence-electron chi connectivity index (χ4n) is 3.13. The van der Waals surface area contributed by atoms with Crippen molar-refractivity contribution < 1.29 is 14.3 Å². The van der Waals surface area contributed by atoms with Crippen LogP contribution in [0.2, 0.25) is 0 Å². The van der Waals surface area contributed by atoms with Gasteiger partial charge in [-0.3, -0.25) is 14.7 Å². The van der Waals surface area contributed by atoms with Gasteiger partial charge in [-0.2, -0.15) is 16.4 Å². The molecular weight excluding hydrogens is 316 g/mol. The minimum Gasteiger partial charge on any atom is -0.366 e. The van der Waals surface area contributed by atoms with E-state index in [9.17, 15) is 9.59 Å². The summed E-state index contributed by atoms with van der Waals surface area (Å²) < 4.78 is 5.53. The summed E-state index contributed by atoms with van der Waals surface area (Å²) >= 11 is 1.57. The zero-order chi connectivity index (χ0) is 15.8. The summed E-state index contributed by atoms with van der Waals surface area (Å²) in [6.07, 6.45) is 2.29. The number of likely N-dealkylation sites (tertiary alicyclic amines) is 1. The molecule has 2 N–H and O–H groups in total. The van der Waals surface area contributed by atoms with E-state index in [4.69, 9.17) is 4.74 Å². The van der Waals surface area contributed by atoms with Crippen LogP contribution in [0.15, 0.2) is 23.0 Å². The van der Waals surface area contributed by atoms with Gasteiger partial charge in [-0.15, -0.1) is 0 Å². The molecule has 2 amide bonds. The average Bonchev–Trinajstić information content (AvgIpc) is 3.24. The van der Waals surface area contributed by atoms with Crippen molar-refractivity contribution in [3.8, 4) is 11.3 Å². The van der Waals surface area contributed by atoms with Gasteiger partial charge in [0.15, 0.2) is 0 Å². The summed E-state index contributed by atoms with van der Waals surface area (Å²) in [6, 6.07) is 1.82. The van der Waals surface area contributed by atoms with E-state index in [0.29, 0.717) is 18.7 Å². The van der Waals surface area contributed by atoms with Crippen molar-refractivity contribution in [2.24, 2.45) is 0 Å². The van der Waals surface area contributed by atoms with Gasteiger partial charge in [0.2, 0.25) is 5.91 Å². The summed E-state index contributed by atoms with van der Waals surface area (Å²) in [5.74, 6) is -0.193. The second-order valence-electron chi connectivity index (χ2n) is 5.73. The molecule has 2 aliphatic heterocycles. The largest absolute Gasteiger partial charge is 0.366 e. The summed E-state index contributed by atoms with van der Waals surface area (Å²) in [6.45, 7) is 1.19. The average molecular weight is 332 g/mol. The maximum Gasteiger partial charge on any atom is 0.257 e. The molecule has 2 aromatic rings. The van der Waals surface area contributed by atoms with Crippen molar-refractivity contribution in [2.75, 3.05) is 19.7 Å². The van der Waals surface area contributed by atoms with E-state index in [-0.39, 0.29) is 30.6 Å². The van der Waals surface area contributed by atoms with Crippen molar-refractivity contribution in [3.63, 3.8) is 0 Å². The van der Waals surface area contributed by atoms with Crippen molar-refractivity contribution >= 4 is 23.2 Å². The number of hydrogen-bond donors (Lipinski definition) is 2. The Morgan fingerprint density at radius 1 is 1.48 bits per heavy atom. The van der Waals surface area contributed by atoms with Gasteiger partial charge >= 0.3 is 0 Å². The van der Waals surface area contributed by atoms with Gasteiger partial charge in [0.1, 0.15) is 6.61 Å². The van der Waals surface area contributed by atoms with E-state index < -0.39 is 0 Å². The molecule has 0 saturated carbocycles. The molecular formula is C15H16N4O3S. The second-order valence-corrected chi connectivity index (χ2v) is 6.51. The first-order chi connectivity index (χ1) is 11.2. The molecule has 8 heteroatoms. The molecule has 2 atom stereocenters. The lowest BCUT2D eigenvalue weighted by molar-refractivity contribution is -0.139. The zero-order valence-electron chi connectivity index (χ0n) is 12.3. The van der Waals surface area contributed by atoms with E-state index in [1.165, 1.54) is 0 Å². The highest BCUT2D eigenvalue weighted by Gasteiger charge is 2.37. The number of nitrogens with one attached hydrogen (secondary N) is 2. The van der Waals surface area contributed by atoms with Gasteiger partial charge in [-0.1, -0.05) is 0 Å². The van der Waals surface area contributed by atoms with Crippen LogP contribution in [0, 0.1) is 0 Å². The Morgan fingerprint density at radius 3 is 3.22 bits per heavy atom. The van der Waals surface area contributed by atoms with Crippen LogP contribution in [-0.2, 0) is 9.53 Å². The van der Waals surface area contributed by atoms with Gasteiger partial charge in [0, 0.05) is 24.0 Å². The first kappa shape index (κ1) is 14.4. The Balaban J connectivity index is 1.54. The molecule has 0 radical (unpaired) electrons. The molecule has 0 bridgehead atoms. The fourth-order valence-corrected chi connectivity index (χ4v) is 3.78. The van der Waals surface area contributed by atoms with Crippen molar-refractivity contribution in [1.82, 2.24) is 20.4 Å². The lowest BCUT2D eigenvalue weighted by Crippen LogP contribution is -2.61. The zero-order valence-corrected chi connectivity index (χ0v) is 13.1. The number of carbonyl (C=O) groups excluding carboxylic acids is 2. The van der Waals surface area contributed by atoms with Gasteiger partial charge < -0.3 is 15.0 Å². The van der Waals surface area contributed by atoms with Gasteiger partial charge in [-0.05, 0) is 17.9 Å². The molecule has 0 aromatic carbocycles. The molecule has 4 rings (SSSR count). The van der Waals surface area contributed by atoms with Crippen LogP contribution >= 0.6 is 11.3 Å². The highest BCUT2D eigenvalue weighted by molar-refractivity contribution is 7.08. The molecule has 4 heterocycles. The number of piperidine rings is 1. The number of ether oxygens (including phenoxy) is 1. The van der Waals surface area contributed by atoms with Crippen molar-refractivity contribution in [2.45, 2.75) is 18.6 Å². The first-order valence-electron chi connectivity index (χ1n) is 7.48. The van der Waals surface area contributed by atoms with Crippen LogP contribution in [-0.4, -0.2) is 58.8 Å². The molecule has 2 fully saturated rings. The number of H-pyrrole nitrogens is 1. The van der Waals surface area contributed by atoms with Gasteiger partial charge in [-0.25, -0.2) is 0 Å². The summed E-state index contributed by atoms with van der Waals surface area (Å²) in [4.78, 5) is 26.1. The van der Waals surface area contributed by atoms with E-state index >= 15 is 0 Å². The van der Waals surface area contributed by atoms with Crippen LogP contribution in [0.5, 0.6) is 0 Å². The molecule has 7 nitrogen and oxygen atoms in total. The highest BCUT2D eigenvalue weighted by atomic mass is 32.1. The normalized spacial score (nSPS) is 24.2. The van der Waals surface area contributed by atoms with Crippen LogP contribution in [0.25, 0.3) is 11.3 Å². The Morgan fingerprint density at radius 2 is 2.39 bits per heavy atom. The van der Waals surface area contributed by atoms with Crippen LogP contribution in [0.1, 0.15) is 16.8 Å². The van der Waals surface area contributed by atoms with E-state index in [2.05, 4.69) is 15.5 Å². The molecule has 2 saturated heterocycles. The van der Waals surface area contributed by atoms with E-state index in [1.807, 2.05) is 16.8 Å². The number of thiophene rings is 1. The number of rotatable bonds is 2. The Kier molecular flexibility index (Phi) is 3.62. The number of amides is 2. The third-order valence-corrected chi connectivity index (χ3v) is 4.97. The second kappa shape index (κ2) is 5.78. The van der Waals surface area contributed by atoms with Gasteiger partial charge in [0.05, 0.1) is 29.6 Å². The summed E-state index contributed by atoms with van der Waals surface area (Å²) in [7, 11) is 0. The Hall–Kier alpha value is -2.19. The smallest absolute Gasteiger partial charge is 0.257 e. The molecule has 2 aliphatic rings. The Bertz CT molecular complexity index is 727. The Labute approximate surface area is 136 Å². The summed E-state index contributed by atoms with van der Waals surface area (Å²) in [5.41, 5.74) is 2.26. The number of fused-ring (bicyclic) bond motifs is 1. The minimum atomic E-state index is -0.134. The van der Waals surface area contributed by atoms with Crippen LogP contribution < -0.4 is 5.32 Å². The lowest BCUT2D eigenvalue weighted by atomic mass is 9.99. The predicted molar refractivity (Wildman–Crippen MR) is 84.1 cm³/mol. The maximum absolute atomic E-state index is 12.8. The topological polar surface area (TPSA) is 87.3 Å². The molecule has 2 aromatic heterocycles. The van der Waals surface area contributed by atoms with Crippen molar-refractivity contribution in [3.05, 3.63) is 28.6 Å². The number of carbonyl (C=O) groups is 2. The third-order valence-electron chi connectivity index (χ3n) is 4.29. The van der Waals surface area contributed by atoms with Crippen LogP contribution in [0.3, 0.4) is 0 Å². The summed E-state index contributed by atoms with van der Waals surface area (Å²) in [5, 5.41) is 13.8. The third kappa shape index (κ3) is 2.64. The molecule has 23 heavy (non-hydrogen) atoms. The molecule has 0 spiro atoms. The minimum absolute atomic E-state index is 0.00237. The quantitative estimate of drug-likeness (QED) is 0.854. The van der Waals surface area contributed by atoms with Gasteiger partial charge in [0.25, 0.3) is 5.91 Å². The number of nitrogens with zero attached hydrogens (tertiary/aromatic N) is 2. The maximum atomic E-state index is 12.8. The standard InChI is InChI=1S/C15H16N4O3S/c20-13-7-22-12-1-3-19(6-11(12)17-13)15(21)10-5-16-18-14(10)9-2-4-23-8-9/h2,4-5,8,11-12H,1,3,6-7H2,(H,16,18)(H,17,20)/t11-,12+/m1/s1. The number of morpholine rings is 1. The molecule has 120 valence electrons. The SMILES string of the molecule is O=C1CO[C@H]2CCN(C(=O)c3cn[nH]c3-c3ccsc3)C[C@H]2N1. The molecule has 0 aliphatic carbocycles. The highest BCUT2D eigenvalue weighted by Crippen LogP contribution is 2.26. The number of aromatic nitrogens is 2. The number of hydrogen-bond acceptors (Lipinski definition) is 5. The molecule has 0 unspecified atom stereocenters. The first-order valence-corrected chi connectivity index (χ1v) is 8.43.